The number of hydrogen-bond donors (Lipinski definition) is 3. The van der Waals surface area contributed by atoms with Crippen LogP contribution in [0.4, 0.5) is 10.8 Å². The standard InChI is InChI=1S/C18H17N3O4S/c22-15(21-18-19-8-9-26-18)11-4-3-5-12(10-11)20-16(23)13-6-1-2-7-14(13)17(24)25/h1-5,8-10,13-14H,6-7H2,(H,20,23)(H,24,25)(H,19,21,22)/t13-,14+/m1/s1. The van der Waals surface area contributed by atoms with Gasteiger partial charge in [-0.25, -0.2) is 4.98 Å². The zero-order chi connectivity index (χ0) is 18.5. The van der Waals surface area contributed by atoms with E-state index in [1.807, 2.05) is 6.08 Å². The molecule has 1 aromatic carbocycles. The Bertz CT molecular complexity index is 848. The predicted molar refractivity (Wildman–Crippen MR) is 98.1 cm³/mol. The summed E-state index contributed by atoms with van der Waals surface area (Å²) in [6.07, 6.45) is 5.92. The molecule has 0 fully saturated rings. The number of thiazole rings is 1. The largest absolute Gasteiger partial charge is 0.481 e. The second-order valence-electron chi connectivity index (χ2n) is 5.86. The zero-order valence-electron chi connectivity index (χ0n) is 13.7. The van der Waals surface area contributed by atoms with Gasteiger partial charge in [0.2, 0.25) is 5.91 Å². The number of carboxylic acids is 1. The average Bonchev–Trinajstić information content (AvgIpc) is 3.15. The minimum atomic E-state index is -0.980. The fourth-order valence-electron chi connectivity index (χ4n) is 2.80. The highest BCUT2D eigenvalue weighted by Gasteiger charge is 2.33. The number of carbonyl (C=O) groups is 3. The van der Waals surface area contributed by atoms with E-state index in [2.05, 4.69) is 15.6 Å². The number of nitrogens with zero attached hydrogens (tertiary/aromatic N) is 1. The number of nitrogens with one attached hydrogen (secondary N) is 2. The van der Waals surface area contributed by atoms with Gasteiger partial charge in [0.25, 0.3) is 5.91 Å². The Kier molecular flexibility index (Phi) is 5.43. The molecule has 2 atom stereocenters. The molecule has 0 unspecified atom stereocenters. The molecule has 134 valence electrons. The summed E-state index contributed by atoms with van der Waals surface area (Å²) in [5.41, 5.74) is 0.816. The van der Waals surface area contributed by atoms with Gasteiger partial charge in [-0.05, 0) is 31.0 Å². The van der Waals surface area contributed by atoms with Gasteiger partial charge in [0, 0.05) is 22.8 Å². The molecule has 1 heterocycles. The first-order valence-corrected chi connectivity index (χ1v) is 8.92. The van der Waals surface area contributed by atoms with Crippen molar-refractivity contribution in [3.63, 3.8) is 0 Å². The van der Waals surface area contributed by atoms with Crippen molar-refractivity contribution >= 4 is 39.9 Å². The number of allylic oxidation sites excluding steroid dienone is 2. The summed E-state index contributed by atoms with van der Waals surface area (Å²) in [7, 11) is 0. The molecule has 0 bridgehead atoms. The summed E-state index contributed by atoms with van der Waals surface area (Å²) in [4.78, 5) is 40.1. The summed E-state index contributed by atoms with van der Waals surface area (Å²) in [6.45, 7) is 0. The second-order valence-corrected chi connectivity index (χ2v) is 6.75. The topological polar surface area (TPSA) is 108 Å². The van der Waals surface area contributed by atoms with Gasteiger partial charge < -0.3 is 10.4 Å². The van der Waals surface area contributed by atoms with E-state index in [1.54, 1.807) is 41.9 Å². The van der Waals surface area contributed by atoms with E-state index in [9.17, 15) is 19.5 Å². The predicted octanol–water partition coefficient (Wildman–Crippen LogP) is 3.00. The van der Waals surface area contributed by atoms with Crippen molar-refractivity contribution in [2.24, 2.45) is 11.8 Å². The molecule has 3 N–H and O–H groups in total. The molecule has 1 aromatic heterocycles. The van der Waals surface area contributed by atoms with Gasteiger partial charge >= 0.3 is 5.97 Å². The summed E-state index contributed by atoms with van der Waals surface area (Å²) in [6, 6.07) is 6.49. The Morgan fingerprint density at radius 3 is 2.58 bits per heavy atom. The van der Waals surface area contributed by atoms with Gasteiger partial charge in [-0.15, -0.1) is 11.3 Å². The molecule has 0 saturated carbocycles. The molecule has 0 aliphatic heterocycles. The molecule has 2 aromatic rings. The van der Waals surface area contributed by atoms with Gasteiger partial charge in [-0.3, -0.25) is 19.7 Å². The zero-order valence-corrected chi connectivity index (χ0v) is 14.5. The number of benzene rings is 1. The average molecular weight is 371 g/mol. The highest BCUT2D eigenvalue weighted by molar-refractivity contribution is 7.13. The Labute approximate surface area is 153 Å². The summed E-state index contributed by atoms with van der Waals surface area (Å²) < 4.78 is 0. The number of amides is 2. The van der Waals surface area contributed by atoms with Crippen molar-refractivity contribution in [2.45, 2.75) is 12.8 Å². The van der Waals surface area contributed by atoms with Crippen LogP contribution in [0.15, 0.2) is 48.0 Å². The maximum Gasteiger partial charge on any atom is 0.307 e. The van der Waals surface area contributed by atoms with Crippen molar-refractivity contribution in [1.29, 1.82) is 0 Å². The molecule has 0 saturated heterocycles. The van der Waals surface area contributed by atoms with E-state index in [-0.39, 0.29) is 11.8 Å². The minimum absolute atomic E-state index is 0.333. The lowest BCUT2D eigenvalue weighted by Gasteiger charge is -2.24. The van der Waals surface area contributed by atoms with Crippen LogP contribution >= 0.6 is 11.3 Å². The number of hydrogen-bond acceptors (Lipinski definition) is 5. The van der Waals surface area contributed by atoms with Crippen molar-refractivity contribution < 1.29 is 19.5 Å². The Hall–Kier alpha value is -3.00. The monoisotopic (exact) mass is 371 g/mol. The maximum atomic E-state index is 12.5. The maximum absolute atomic E-state index is 12.5. The lowest BCUT2D eigenvalue weighted by Crippen LogP contribution is -2.34. The number of carboxylic acid groups (broad SMARTS) is 1. The van der Waals surface area contributed by atoms with Crippen LogP contribution < -0.4 is 10.6 Å². The van der Waals surface area contributed by atoms with Gasteiger partial charge in [-0.2, -0.15) is 0 Å². The van der Waals surface area contributed by atoms with Crippen LogP contribution in [0.5, 0.6) is 0 Å². The van der Waals surface area contributed by atoms with E-state index in [0.717, 1.165) is 0 Å². The van der Waals surface area contributed by atoms with Crippen molar-refractivity contribution in [2.75, 3.05) is 10.6 Å². The third-order valence-electron chi connectivity index (χ3n) is 4.13. The van der Waals surface area contributed by atoms with Crippen LogP contribution in [0.3, 0.4) is 0 Å². The Morgan fingerprint density at radius 1 is 1.12 bits per heavy atom. The Balaban J connectivity index is 1.70. The van der Waals surface area contributed by atoms with Crippen LogP contribution in [0.2, 0.25) is 0 Å². The first-order valence-electron chi connectivity index (χ1n) is 8.04. The number of aliphatic carboxylic acids is 1. The second kappa shape index (κ2) is 7.92. The third kappa shape index (κ3) is 4.15. The van der Waals surface area contributed by atoms with E-state index in [1.165, 1.54) is 11.3 Å². The molecule has 7 nitrogen and oxygen atoms in total. The quantitative estimate of drug-likeness (QED) is 0.700. The highest BCUT2D eigenvalue weighted by Crippen LogP contribution is 2.27. The van der Waals surface area contributed by atoms with E-state index in [0.29, 0.717) is 29.2 Å². The number of carbonyl (C=O) groups excluding carboxylic acids is 2. The van der Waals surface area contributed by atoms with Crippen LogP contribution in [0, 0.1) is 11.8 Å². The summed E-state index contributed by atoms with van der Waals surface area (Å²) >= 11 is 1.31. The van der Waals surface area contributed by atoms with E-state index >= 15 is 0 Å². The molecule has 0 radical (unpaired) electrons. The van der Waals surface area contributed by atoms with E-state index in [4.69, 9.17) is 0 Å². The molecular weight excluding hydrogens is 354 g/mol. The third-order valence-corrected chi connectivity index (χ3v) is 4.82. The smallest absolute Gasteiger partial charge is 0.307 e. The van der Waals surface area contributed by atoms with Crippen molar-refractivity contribution in [3.8, 4) is 0 Å². The number of anilines is 2. The Morgan fingerprint density at radius 2 is 1.88 bits per heavy atom. The van der Waals surface area contributed by atoms with Gasteiger partial charge in [0.1, 0.15) is 0 Å². The van der Waals surface area contributed by atoms with Crippen molar-refractivity contribution in [1.82, 2.24) is 4.98 Å². The van der Waals surface area contributed by atoms with E-state index < -0.39 is 17.8 Å². The molecular formula is C18H17N3O4S. The lowest BCUT2D eigenvalue weighted by atomic mass is 9.82. The molecule has 3 rings (SSSR count). The minimum Gasteiger partial charge on any atom is -0.481 e. The molecule has 1 aliphatic rings. The highest BCUT2D eigenvalue weighted by atomic mass is 32.1. The molecule has 26 heavy (non-hydrogen) atoms. The molecule has 1 aliphatic carbocycles. The fourth-order valence-corrected chi connectivity index (χ4v) is 3.33. The normalized spacial score (nSPS) is 18.9. The number of aromatic nitrogens is 1. The van der Waals surface area contributed by atoms with Gasteiger partial charge in [-0.1, -0.05) is 18.2 Å². The summed E-state index contributed by atoms with van der Waals surface area (Å²) in [5, 5.41) is 16.9. The first kappa shape index (κ1) is 17.8. The SMILES string of the molecule is O=C(Nc1nccs1)c1cccc(NC(=O)[C@@H]2CC=CC[C@@H]2C(=O)O)c1. The van der Waals surface area contributed by atoms with Crippen LogP contribution in [0.1, 0.15) is 23.2 Å². The summed E-state index contributed by atoms with van der Waals surface area (Å²) in [5.74, 6) is -3.05. The molecule has 2 amide bonds. The fraction of sp³-hybridized carbons (Fsp3) is 0.222. The first-order chi connectivity index (χ1) is 12.5. The van der Waals surface area contributed by atoms with Gasteiger partial charge in [0.15, 0.2) is 5.13 Å². The van der Waals surface area contributed by atoms with Crippen LogP contribution in [-0.4, -0.2) is 27.9 Å². The molecule has 8 heteroatoms. The van der Waals surface area contributed by atoms with Crippen molar-refractivity contribution in [3.05, 3.63) is 53.6 Å². The lowest BCUT2D eigenvalue weighted by molar-refractivity contribution is -0.146. The van der Waals surface area contributed by atoms with Gasteiger partial charge in [0.05, 0.1) is 11.8 Å². The van der Waals surface area contributed by atoms with Crippen LogP contribution in [-0.2, 0) is 9.59 Å². The van der Waals surface area contributed by atoms with Crippen LogP contribution in [0.25, 0.3) is 0 Å². The molecule has 0 spiro atoms. The number of rotatable bonds is 5.